The molecule has 0 atom stereocenters. The zero-order valence-corrected chi connectivity index (χ0v) is 9.14. The highest BCUT2D eigenvalue weighted by Crippen LogP contribution is 2.17. The van der Waals surface area contributed by atoms with Gasteiger partial charge in [-0.15, -0.1) is 0 Å². The number of nitrogens with zero attached hydrogens (tertiary/aromatic N) is 1. The topological polar surface area (TPSA) is 80.0 Å². The zero-order valence-electron chi connectivity index (χ0n) is 8.38. The quantitative estimate of drug-likeness (QED) is 0.528. The fraction of sp³-hybridized carbons (Fsp3) is 0.333. The van der Waals surface area contributed by atoms with Crippen LogP contribution in [0.25, 0.3) is 0 Å². The Morgan fingerprint density at radius 2 is 2.27 bits per heavy atom. The summed E-state index contributed by atoms with van der Waals surface area (Å²) in [4.78, 5) is 14.6. The van der Waals surface area contributed by atoms with Crippen molar-refractivity contribution in [2.45, 2.75) is 6.92 Å². The molecule has 0 radical (unpaired) electrons. The Labute approximate surface area is 93.0 Å². The second-order valence-electron chi connectivity index (χ2n) is 2.98. The standard InChI is InChI=1S/C9H13ClN4O/c1-6(15)12-4-5-13-9-7(11)2-3-8(10)14-9/h2-3H,4-5,11H2,1H3,(H,12,15)(H,13,14). The first-order chi connectivity index (χ1) is 7.09. The maximum absolute atomic E-state index is 10.6. The van der Waals surface area contributed by atoms with Gasteiger partial charge in [0.05, 0.1) is 5.69 Å². The molecule has 0 aliphatic carbocycles. The van der Waals surface area contributed by atoms with Crippen LogP contribution in [0.3, 0.4) is 0 Å². The molecule has 0 saturated carbocycles. The van der Waals surface area contributed by atoms with E-state index < -0.39 is 0 Å². The summed E-state index contributed by atoms with van der Waals surface area (Å²) in [5.74, 6) is 0.469. The molecule has 1 aromatic heterocycles. The van der Waals surface area contributed by atoms with Crippen molar-refractivity contribution in [1.29, 1.82) is 0 Å². The molecular weight excluding hydrogens is 216 g/mol. The lowest BCUT2D eigenvalue weighted by Gasteiger charge is -2.08. The van der Waals surface area contributed by atoms with E-state index in [1.54, 1.807) is 12.1 Å². The van der Waals surface area contributed by atoms with Crippen molar-refractivity contribution in [3.8, 4) is 0 Å². The Kier molecular flexibility index (Phi) is 4.17. The highest BCUT2D eigenvalue weighted by Gasteiger charge is 2.00. The predicted octanol–water partition coefficient (Wildman–Crippen LogP) is 0.865. The van der Waals surface area contributed by atoms with E-state index in [1.807, 2.05) is 0 Å². The molecular formula is C9H13ClN4O. The van der Waals surface area contributed by atoms with Crippen LogP contribution in [0.2, 0.25) is 5.15 Å². The molecule has 1 amide bonds. The number of carbonyl (C=O) groups excluding carboxylic acids is 1. The van der Waals surface area contributed by atoms with E-state index in [-0.39, 0.29) is 5.91 Å². The molecule has 1 rings (SSSR count). The zero-order chi connectivity index (χ0) is 11.3. The maximum Gasteiger partial charge on any atom is 0.216 e. The van der Waals surface area contributed by atoms with Gasteiger partial charge in [-0.1, -0.05) is 11.6 Å². The van der Waals surface area contributed by atoms with Gasteiger partial charge in [-0.05, 0) is 12.1 Å². The van der Waals surface area contributed by atoms with Crippen molar-refractivity contribution in [1.82, 2.24) is 10.3 Å². The Morgan fingerprint density at radius 1 is 1.53 bits per heavy atom. The van der Waals surface area contributed by atoms with Gasteiger partial charge in [-0.2, -0.15) is 0 Å². The van der Waals surface area contributed by atoms with Crippen LogP contribution in [0.5, 0.6) is 0 Å². The molecule has 1 heterocycles. The van der Waals surface area contributed by atoms with Crippen molar-refractivity contribution in [3.63, 3.8) is 0 Å². The molecule has 15 heavy (non-hydrogen) atoms. The summed E-state index contributed by atoms with van der Waals surface area (Å²) in [6.07, 6.45) is 0. The van der Waals surface area contributed by atoms with Crippen molar-refractivity contribution in [3.05, 3.63) is 17.3 Å². The van der Waals surface area contributed by atoms with E-state index in [9.17, 15) is 4.79 Å². The number of carbonyl (C=O) groups is 1. The van der Waals surface area contributed by atoms with Crippen LogP contribution in [0.4, 0.5) is 11.5 Å². The molecule has 0 aliphatic heterocycles. The van der Waals surface area contributed by atoms with Gasteiger partial charge in [0.25, 0.3) is 0 Å². The number of nitrogens with one attached hydrogen (secondary N) is 2. The van der Waals surface area contributed by atoms with E-state index >= 15 is 0 Å². The van der Waals surface area contributed by atoms with Crippen LogP contribution < -0.4 is 16.4 Å². The first kappa shape index (κ1) is 11.6. The third-order valence-electron chi connectivity index (χ3n) is 1.68. The Morgan fingerprint density at radius 3 is 2.93 bits per heavy atom. The largest absolute Gasteiger partial charge is 0.396 e. The third kappa shape index (κ3) is 4.03. The average molecular weight is 229 g/mol. The van der Waals surface area contributed by atoms with Gasteiger partial charge in [-0.25, -0.2) is 4.98 Å². The number of pyridine rings is 1. The van der Waals surface area contributed by atoms with Crippen LogP contribution in [-0.2, 0) is 4.79 Å². The summed E-state index contributed by atoms with van der Waals surface area (Å²) < 4.78 is 0. The second kappa shape index (κ2) is 5.41. The van der Waals surface area contributed by atoms with Gasteiger partial charge in [-0.3, -0.25) is 4.79 Å². The van der Waals surface area contributed by atoms with Crippen molar-refractivity contribution < 1.29 is 4.79 Å². The molecule has 0 fully saturated rings. The number of amides is 1. The lowest BCUT2D eigenvalue weighted by atomic mass is 10.4. The van der Waals surface area contributed by atoms with Gasteiger partial charge in [0, 0.05) is 20.0 Å². The molecule has 0 aliphatic rings. The number of hydrogen-bond donors (Lipinski definition) is 3. The number of halogens is 1. The molecule has 1 aromatic rings. The molecule has 4 N–H and O–H groups in total. The number of aromatic nitrogens is 1. The van der Waals surface area contributed by atoms with Crippen LogP contribution in [0, 0.1) is 0 Å². The summed E-state index contributed by atoms with van der Waals surface area (Å²) in [6, 6.07) is 3.30. The lowest BCUT2D eigenvalue weighted by Crippen LogP contribution is -2.26. The van der Waals surface area contributed by atoms with Gasteiger partial charge in [0.15, 0.2) is 5.82 Å². The highest BCUT2D eigenvalue weighted by molar-refractivity contribution is 6.29. The normalized spacial score (nSPS) is 9.73. The van der Waals surface area contributed by atoms with Crippen molar-refractivity contribution in [2.24, 2.45) is 0 Å². The van der Waals surface area contributed by atoms with Gasteiger partial charge in [0.2, 0.25) is 5.91 Å². The number of hydrogen-bond acceptors (Lipinski definition) is 4. The Balaban J connectivity index is 2.43. The van der Waals surface area contributed by atoms with Gasteiger partial charge < -0.3 is 16.4 Å². The van der Waals surface area contributed by atoms with Gasteiger partial charge in [0.1, 0.15) is 5.15 Å². The molecule has 0 spiro atoms. The molecule has 82 valence electrons. The minimum atomic E-state index is -0.0659. The molecule has 6 heteroatoms. The molecule has 0 saturated heterocycles. The first-order valence-electron chi connectivity index (χ1n) is 4.50. The fourth-order valence-electron chi connectivity index (χ4n) is 1.01. The molecule has 5 nitrogen and oxygen atoms in total. The summed E-state index contributed by atoms with van der Waals surface area (Å²) in [6.45, 7) is 2.53. The Bertz CT molecular complexity index is 356. The summed E-state index contributed by atoms with van der Waals surface area (Å²) >= 11 is 5.70. The summed E-state index contributed by atoms with van der Waals surface area (Å²) in [5.41, 5.74) is 6.19. The lowest BCUT2D eigenvalue weighted by molar-refractivity contribution is -0.118. The second-order valence-corrected chi connectivity index (χ2v) is 3.37. The van der Waals surface area contributed by atoms with Crippen LogP contribution in [-0.4, -0.2) is 24.0 Å². The summed E-state index contributed by atoms with van der Waals surface area (Å²) in [7, 11) is 0. The van der Waals surface area contributed by atoms with Crippen LogP contribution in [0.15, 0.2) is 12.1 Å². The fourth-order valence-corrected chi connectivity index (χ4v) is 1.15. The van der Waals surface area contributed by atoms with Gasteiger partial charge >= 0.3 is 0 Å². The SMILES string of the molecule is CC(=O)NCCNc1nc(Cl)ccc1N. The molecule has 0 unspecified atom stereocenters. The Hall–Kier alpha value is -1.49. The minimum Gasteiger partial charge on any atom is -0.396 e. The number of nitrogens with two attached hydrogens (primary N) is 1. The van der Waals surface area contributed by atoms with Crippen LogP contribution >= 0.6 is 11.6 Å². The summed E-state index contributed by atoms with van der Waals surface area (Å²) in [5, 5.41) is 6.00. The molecule has 0 bridgehead atoms. The van der Waals surface area contributed by atoms with E-state index in [4.69, 9.17) is 17.3 Å². The van der Waals surface area contributed by atoms with Crippen LogP contribution in [0.1, 0.15) is 6.92 Å². The van der Waals surface area contributed by atoms with Crippen molar-refractivity contribution >= 4 is 29.0 Å². The van der Waals surface area contributed by atoms with E-state index in [0.717, 1.165) is 0 Å². The maximum atomic E-state index is 10.6. The monoisotopic (exact) mass is 228 g/mol. The smallest absolute Gasteiger partial charge is 0.216 e. The van der Waals surface area contributed by atoms with Crippen molar-refractivity contribution in [2.75, 3.05) is 24.1 Å². The number of nitrogen functional groups attached to an aromatic ring is 1. The average Bonchev–Trinajstić information content (AvgIpc) is 2.17. The third-order valence-corrected chi connectivity index (χ3v) is 1.89. The number of rotatable bonds is 4. The molecule has 0 aromatic carbocycles. The van der Waals surface area contributed by atoms with E-state index in [0.29, 0.717) is 29.7 Å². The van der Waals surface area contributed by atoms with E-state index in [2.05, 4.69) is 15.6 Å². The highest BCUT2D eigenvalue weighted by atomic mass is 35.5. The minimum absolute atomic E-state index is 0.0659. The first-order valence-corrected chi connectivity index (χ1v) is 4.87. The predicted molar refractivity (Wildman–Crippen MR) is 60.8 cm³/mol. The number of anilines is 2. The van der Waals surface area contributed by atoms with E-state index in [1.165, 1.54) is 6.92 Å².